The molecule has 0 unspecified atom stereocenters. The first kappa shape index (κ1) is 20.5. The van der Waals surface area contributed by atoms with E-state index in [0.29, 0.717) is 23.8 Å². The smallest absolute Gasteiger partial charge is 0.358 e. The first-order chi connectivity index (χ1) is 14.0. The zero-order valence-corrected chi connectivity index (χ0v) is 17.3. The quantitative estimate of drug-likeness (QED) is 0.322. The topological polar surface area (TPSA) is 73.2 Å². The third kappa shape index (κ3) is 5.00. The summed E-state index contributed by atoms with van der Waals surface area (Å²) in [5.41, 5.74) is 3.66. The zero-order chi connectivity index (χ0) is 20.8. The Hall–Kier alpha value is -3.19. The molecule has 0 fully saturated rings. The molecule has 0 bridgehead atoms. The number of nitrogens with one attached hydrogen (secondary N) is 1. The van der Waals surface area contributed by atoms with Crippen LogP contribution in [0.5, 0.6) is 0 Å². The van der Waals surface area contributed by atoms with Crippen LogP contribution in [0.2, 0.25) is 0 Å². The molecular formula is C22H23N3O3S. The van der Waals surface area contributed by atoms with Gasteiger partial charge in [-0.05, 0) is 25.5 Å². The summed E-state index contributed by atoms with van der Waals surface area (Å²) in [6.45, 7) is 8.45. The number of hydrogen-bond acceptors (Lipinski definition) is 6. The summed E-state index contributed by atoms with van der Waals surface area (Å²) in [5.74, 6) is -0.846. The third-order valence-electron chi connectivity index (χ3n) is 4.52. The van der Waals surface area contributed by atoms with E-state index in [1.807, 2.05) is 54.8 Å². The van der Waals surface area contributed by atoms with Crippen LogP contribution in [-0.2, 0) is 17.8 Å². The number of ether oxygens (including phenoxy) is 1. The van der Waals surface area contributed by atoms with Crippen LogP contribution in [0.1, 0.15) is 37.8 Å². The van der Waals surface area contributed by atoms with Gasteiger partial charge in [0.25, 0.3) is 0 Å². The van der Waals surface area contributed by atoms with E-state index in [-0.39, 0.29) is 18.1 Å². The molecule has 1 aromatic carbocycles. The summed E-state index contributed by atoms with van der Waals surface area (Å²) in [6.07, 6.45) is 1.78. The minimum Gasteiger partial charge on any atom is -0.453 e. The fourth-order valence-electron chi connectivity index (χ4n) is 3.00. The number of esters is 1. The van der Waals surface area contributed by atoms with Crippen LogP contribution < -0.4 is 5.32 Å². The SMILES string of the molecule is C=CCn1c(C)cc(C(=O)COC(=O)c2csc(NCc3ccccc3)n2)c1C. The van der Waals surface area contributed by atoms with Crippen molar-refractivity contribution in [1.29, 1.82) is 0 Å². The highest BCUT2D eigenvalue weighted by Gasteiger charge is 2.18. The lowest BCUT2D eigenvalue weighted by Gasteiger charge is -2.06. The van der Waals surface area contributed by atoms with Gasteiger partial charge in [0.1, 0.15) is 0 Å². The summed E-state index contributed by atoms with van der Waals surface area (Å²) < 4.78 is 7.18. The van der Waals surface area contributed by atoms with Crippen molar-refractivity contribution < 1.29 is 14.3 Å². The number of Topliss-reactive ketones (excluding diaryl/α,β-unsaturated/α-hetero) is 1. The highest BCUT2D eigenvalue weighted by atomic mass is 32.1. The van der Waals surface area contributed by atoms with Gasteiger partial charge in [0.15, 0.2) is 17.4 Å². The van der Waals surface area contributed by atoms with Gasteiger partial charge in [0.2, 0.25) is 5.78 Å². The first-order valence-electron chi connectivity index (χ1n) is 9.21. The molecule has 0 spiro atoms. The number of allylic oxidation sites excluding steroid dienone is 1. The Morgan fingerprint density at radius 2 is 2.03 bits per heavy atom. The van der Waals surface area contributed by atoms with Gasteiger partial charge in [-0.1, -0.05) is 36.4 Å². The van der Waals surface area contributed by atoms with Crippen LogP contribution in [0.25, 0.3) is 0 Å². The number of anilines is 1. The molecule has 0 aliphatic heterocycles. The summed E-state index contributed by atoms with van der Waals surface area (Å²) >= 11 is 1.32. The maximum absolute atomic E-state index is 12.5. The molecule has 0 aliphatic carbocycles. The second-order valence-electron chi connectivity index (χ2n) is 6.56. The van der Waals surface area contributed by atoms with E-state index in [4.69, 9.17) is 4.74 Å². The number of carbonyl (C=O) groups excluding carboxylic acids is 2. The molecule has 6 nitrogen and oxygen atoms in total. The van der Waals surface area contributed by atoms with Gasteiger partial charge in [0, 0.05) is 35.4 Å². The number of thiazole rings is 1. The van der Waals surface area contributed by atoms with E-state index < -0.39 is 5.97 Å². The van der Waals surface area contributed by atoms with E-state index in [2.05, 4.69) is 16.9 Å². The number of carbonyl (C=O) groups is 2. The van der Waals surface area contributed by atoms with Crippen LogP contribution >= 0.6 is 11.3 Å². The molecule has 3 aromatic rings. The van der Waals surface area contributed by atoms with E-state index in [1.165, 1.54) is 11.3 Å². The molecule has 0 saturated heterocycles. The van der Waals surface area contributed by atoms with E-state index in [1.54, 1.807) is 11.5 Å². The lowest BCUT2D eigenvalue weighted by atomic mass is 10.1. The predicted molar refractivity (Wildman–Crippen MR) is 115 cm³/mol. The monoisotopic (exact) mass is 409 g/mol. The molecule has 7 heteroatoms. The van der Waals surface area contributed by atoms with E-state index in [0.717, 1.165) is 17.0 Å². The molecule has 29 heavy (non-hydrogen) atoms. The molecule has 0 aliphatic rings. The molecule has 0 saturated carbocycles. The van der Waals surface area contributed by atoms with Crippen LogP contribution in [-0.4, -0.2) is 27.9 Å². The second-order valence-corrected chi connectivity index (χ2v) is 7.42. The van der Waals surface area contributed by atoms with E-state index >= 15 is 0 Å². The second kappa shape index (κ2) is 9.34. The van der Waals surface area contributed by atoms with Crippen molar-refractivity contribution in [3.05, 3.63) is 82.6 Å². The largest absolute Gasteiger partial charge is 0.453 e. The number of hydrogen-bond donors (Lipinski definition) is 1. The lowest BCUT2D eigenvalue weighted by Crippen LogP contribution is -2.15. The number of rotatable bonds is 9. The minimum absolute atomic E-state index is 0.190. The summed E-state index contributed by atoms with van der Waals surface area (Å²) in [5, 5.41) is 5.42. The van der Waals surface area contributed by atoms with Crippen molar-refractivity contribution in [2.24, 2.45) is 0 Å². The third-order valence-corrected chi connectivity index (χ3v) is 5.32. The summed E-state index contributed by atoms with van der Waals surface area (Å²) in [4.78, 5) is 29.0. The Morgan fingerprint density at radius 3 is 2.76 bits per heavy atom. The van der Waals surface area contributed by atoms with Gasteiger partial charge >= 0.3 is 5.97 Å². The van der Waals surface area contributed by atoms with E-state index in [9.17, 15) is 9.59 Å². The highest BCUT2D eigenvalue weighted by molar-refractivity contribution is 7.13. The Balaban J connectivity index is 1.56. The predicted octanol–water partition coefficient (Wildman–Crippen LogP) is 4.40. The lowest BCUT2D eigenvalue weighted by molar-refractivity contribution is 0.0469. The molecule has 3 rings (SSSR count). The molecule has 2 aromatic heterocycles. The molecular weight excluding hydrogens is 386 g/mol. The van der Waals surface area contributed by atoms with Crippen molar-refractivity contribution >= 4 is 28.2 Å². The standard InChI is InChI=1S/C22H23N3O3S/c1-4-10-25-15(2)11-18(16(25)3)20(26)13-28-21(27)19-14-29-22(24-19)23-12-17-8-6-5-7-9-17/h4-9,11,14H,1,10,12-13H2,2-3H3,(H,23,24). The van der Waals surface area contributed by atoms with Gasteiger partial charge in [0.05, 0.1) is 0 Å². The Morgan fingerprint density at radius 1 is 1.28 bits per heavy atom. The van der Waals surface area contributed by atoms with Crippen molar-refractivity contribution in [2.45, 2.75) is 26.9 Å². The van der Waals surface area contributed by atoms with Crippen LogP contribution in [0.15, 0.2) is 54.4 Å². The average Bonchev–Trinajstić information content (AvgIpc) is 3.31. The van der Waals surface area contributed by atoms with Gasteiger partial charge < -0.3 is 14.6 Å². The Labute approximate surface area is 173 Å². The van der Waals surface area contributed by atoms with Crippen molar-refractivity contribution in [3.8, 4) is 0 Å². The fourth-order valence-corrected chi connectivity index (χ4v) is 3.68. The number of aryl methyl sites for hydroxylation is 1. The number of nitrogens with zero attached hydrogens (tertiary/aromatic N) is 2. The fraction of sp³-hybridized carbons (Fsp3) is 0.227. The zero-order valence-electron chi connectivity index (χ0n) is 16.5. The molecule has 0 radical (unpaired) electrons. The number of ketones is 1. The van der Waals surface area contributed by atoms with Crippen LogP contribution in [0, 0.1) is 13.8 Å². The maximum Gasteiger partial charge on any atom is 0.358 e. The normalized spacial score (nSPS) is 10.6. The number of benzene rings is 1. The maximum atomic E-state index is 12.5. The Bertz CT molecular complexity index is 1020. The van der Waals surface area contributed by atoms with Crippen LogP contribution in [0.4, 0.5) is 5.13 Å². The molecule has 150 valence electrons. The summed E-state index contributed by atoms with van der Waals surface area (Å²) in [7, 11) is 0. The van der Waals surface area contributed by atoms with Crippen LogP contribution in [0.3, 0.4) is 0 Å². The molecule has 1 N–H and O–H groups in total. The van der Waals surface area contributed by atoms with Gasteiger partial charge in [-0.15, -0.1) is 17.9 Å². The Kier molecular flexibility index (Phi) is 6.61. The van der Waals surface area contributed by atoms with Gasteiger partial charge in [-0.2, -0.15) is 0 Å². The molecule has 0 atom stereocenters. The average molecular weight is 410 g/mol. The van der Waals surface area contributed by atoms with Gasteiger partial charge in [-0.3, -0.25) is 4.79 Å². The first-order valence-corrected chi connectivity index (χ1v) is 10.1. The van der Waals surface area contributed by atoms with Crippen molar-refractivity contribution in [1.82, 2.24) is 9.55 Å². The summed E-state index contributed by atoms with van der Waals surface area (Å²) in [6, 6.07) is 11.7. The minimum atomic E-state index is -0.609. The highest BCUT2D eigenvalue weighted by Crippen LogP contribution is 2.18. The number of aromatic nitrogens is 2. The molecule has 2 heterocycles. The van der Waals surface area contributed by atoms with Crippen molar-refractivity contribution in [2.75, 3.05) is 11.9 Å². The van der Waals surface area contributed by atoms with Gasteiger partial charge in [-0.25, -0.2) is 9.78 Å². The van der Waals surface area contributed by atoms with Crippen molar-refractivity contribution in [3.63, 3.8) is 0 Å². The molecule has 0 amide bonds.